The summed E-state index contributed by atoms with van der Waals surface area (Å²) in [6.45, 7) is 9.81. The normalized spacial score (nSPS) is 22.8. The minimum Gasteiger partial charge on any atom is -0.319 e. The predicted molar refractivity (Wildman–Crippen MR) is 67.2 cm³/mol. The Morgan fingerprint density at radius 3 is 2.80 bits per heavy atom. The lowest BCUT2D eigenvalue weighted by atomic mass is 10.1. The van der Waals surface area contributed by atoms with Crippen LogP contribution in [0.1, 0.15) is 39.5 Å². The van der Waals surface area contributed by atoms with Crippen molar-refractivity contribution in [3.05, 3.63) is 0 Å². The largest absolute Gasteiger partial charge is 0.319 e. The average Bonchev–Trinajstić information content (AvgIpc) is 2.61. The fraction of sp³-hybridized carbons (Fsp3) is 1.00. The van der Waals surface area contributed by atoms with Crippen LogP contribution in [0.4, 0.5) is 0 Å². The highest BCUT2D eigenvalue weighted by molar-refractivity contribution is 4.76. The molecule has 90 valence electrons. The zero-order valence-corrected chi connectivity index (χ0v) is 10.8. The summed E-state index contributed by atoms with van der Waals surface area (Å²) in [5, 5.41) is 3.29. The first-order valence-electron chi connectivity index (χ1n) is 6.59. The minimum atomic E-state index is 0.876. The first-order chi connectivity index (χ1) is 7.22. The molecule has 1 heterocycles. The molecule has 0 aromatic rings. The summed E-state index contributed by atoms with van der Waals surface area (Å²) in [7, 11) is 2.06. The monoisotopic (exact) mass is 212 g/mol. The van der Waals surface area contributed by atoms with Crippen LogP contribution in [-0.4, -0.2) is 38.1 Å². The highest BCUT2D eigenvalue weighted by Gasteiger charge is 2.20. The van der Waals surface area contributed by atoms with Crippen LogP contribution in [0.25, 0.3) is 0 Å². The number of nitrogens with zero attached hydrogens (tertiary/aromatic N) is 1. The zero-order chi connectivity index (χ0) is 11.1. The van der Waals surface area contributed by atoms with Gasteiger partial charge >= 0.3 is 0 Å². The second kappa shape index (κ2) is 7.24. The molecule has 0 aromatic carbocycles. The second-order valence-electron chi connectivity index (χ2n) is 5.40. The molecule has 1 fully saturated rings. The van der Waals surface area contributed by atoms with E-state index in [9.17, 15) is 0 Å². The van der Waals surface area contributed by atoms with Crippen molar-refractivity contribution in [1.29, 1.82) is 0 Å². The molecule has 0 aromatic heterocycles. The molecule has 0 aliphatic carbocycles. The molecule has 0 spiro atoms. The van der Waals surface area contributed by atoms with E-state index in [1.807, 2.05) is 0 Å². The standard InChI is InChI=1S/C13H28N2/c1-12(2)6-4-5-8-15-9-7-13(11-15)10-14-3/h12-14H,4-11H2,1-3H3. The van der Waals surface area contributed by atoms with Gasteiger partial charge in [0.1, 0.15) is 0 Å². The van der Waals surface area contributed by atoms with Crippen molar-refractivity contribution in [3.8, 4) is 0 Å². The third-order valence-electron chi connectivity index (χ3n) is 3.37. The summed E-state index contributed by atoms with van der Waals surface area (Å²) < 4.78 is 0. The highest BCUT2D eigenvalue weighted by atomic mass is 15.1. The molecule has 1 aliphatic heterocycles. The molecule has 1 saturated heterocycles. The SMILES string of the molecule is CNCC1CCN(CCCCC(C)C)C1. The van der Waals surface area contributed by atoms with E-state index in [1.54, 1.807) is 0 Å². The molecule has 1 atom stereocenters. The predicted octanol–water partition coefficient (Wildman–Crippen LogP) is 2.35. The van der Waals surface area contributed by atoms with Gasteiger partial charge in [-0.15, -0.1) is 0 Å². The molecule has 15 heavy (non-hydrogen) atoms. The van der Waals surface area contributed by atoms with Gasteiger partial charge in [-0.05, 0) is 51.4 Å². The first-order valence-corrected chi connectivity index (χ1v) is 6.59. The van der Waals surface area contributed by atoms with Gasteiger partial charge in [-0.2, -0.15) is 0 Å². The van der Waals surface area contributed by atoms with Crippen LogP contribution in [0.2, 0.25) is 0 Å². The fourth-order valence-corrected chi connectivity index (χ4v) is 2.46. The second-order valence-corrected chi connectivity index (χ2v) is 5.40. The van der Waals surface area contributed by atoms with Crippen LogP contribution in [0.15, 0.2) is 0 Å². The maximum absolute atomic E-state index is 3.29. The van der Waals surface area contributed by atoms with Gasteiger partial charge in [0, 0.05) is 6.54 Å². The number of hydrogen-bond donors (Lipinski definition) is 1. The van der Waals surface area contributed by atoms with Crippen LogP contribution in [0.5, 0.6) is 0 Å². The van der Waals surface area contributed by atoms with Crippen LogP contribution in [0.3, 0.4) is 0 Å². The van der Waals surface area contributed by atoms with E-state index in [0.717, 1.165) is 11.8 Å². The third-order valence-corrected chi connectivity index (χ3v) is 3.37. The summed E-state index contributed by atoms with van der Waals surface area (Å²) in [5.41, 5.74) is 0. The van der Waals surface area contributed by atoms with E-state index < -0.39 is 0 Å². The zero-order valence-electron chi connectivity index (χ0n) is 10.8. The van der Waals surface area contributed by atoms with Gasteiger partial charge in [0.25, 0.3) is 0 Å². The average molecular weight is 212 g/mol. The van der Waals surface area contributed by atoms with Crippen LogP contribution in [-0.2, 0) is 0 Å². The summed E-state index contributed by atoms with van der Waals surface area (Å²) in [4.78, 5) is 2.64. The molecular weight excluding hydrogens is 184 g/mol. The minimum absolute atomic E-state index is 0.876. The Kier molecular flexibility index (Phi) is 6.26. The summed E-state index contributed by atoms with van der Waals surface area (Å²) in [5.74, 6) is 1.78. The molecular formula is C13H28N2. The summed E-state index contributed by atoms with van der Waals surface area (Å²) >= 11 is 0. The highest BCUT2D eigenvalue weighted by Crippen LogP contribution is 2.16. The Bertz CT molecular complexity index is 157. The van der Waals surface area contributed by atoms with Gasteiger partial charge in [0.15, 0.2) is 0 Å². The molecule has 1 N–H and O–H groups in total. The Morgan fingerprint density at radius 1 is 1.33 bits per heavy atom. The first kappa shape index (κ1) is 13.0. The van der Waals surface area contributed by atoms with Gasteiger partial charge in [0.05, 0.1) is 0 Å². The van der Waals surface area contributed by atoms with Crippen molar-refractivity contribution in [3.63, 3.8) is 0 Å². The van der Waals surface area contributed by atoms with Crippen molar-refractivity contribution in [1.82, 2.24) is 10.2 Å². The lowest BCUT2D eigenvalue weighted by Gasteiger charge is -2.16. The summed E-state index contributed by atoms with van der Waals surface area (Å²) in [6, 6.07) is 0. The molecule has 1 unspecified atom stereocenters. The molecule has 1 aliphatic rings. The maximum atomic E-state index is 3.29. The molecule has 0 bridgehead atoms. The fourth-order valence-electron chi connectivity index (χ4n) is 2.46. The van der Waals surface area contributed by atoms with Crippen molar-refractivity contribution in [2.45, 2.75) is 39.5 Å². The van der Waals surface area contributed by atoms with Gasteiger partial charge in [0.2, 0.25) is 0 Å². The van der Waals surface area contributed by atoms with Crippen molar-refractivity contribution in [2.75, 3.05) is 33.2 Å². The third kappa shape index (κ3) is 5.53. The van der Waals surface area contributed by atoms with E-state index in [4.69, 9.17) is 0 Å². The number of likely N-dealkylation sites (tertiary alicyclic amines) is 1. The van der Waals surface area contributed by atoms with Crippen LogP contribution >= 0.6 is 0 Å². The Balaban J connectivity index is 1.99. The van der Waals surface area contributed by atoms with Crippen molar-refractivity contribution < 1.29 is 0 Å². The van der Waals surface area contributed by atoms with Gasteiger partial charge in [-0.25, -0.2) is 0 Å². The molecule has 1 rings (SSSR count). The topological polar surface area (TPSA) is 15.3 Å². The maximum Gasteiger partial charge on any atom is 0.00223 e. The van der Waals surface area contributed by atoms with E-state index in [0.29, 0.717) is 0 Å². The molecule has 2 heteroatoms. The Hall–Kier alpha value is -0.0800. The lowest BCUT2D eigenvalue weighted by molar-refractivity contribution is 0.311. The Labute approximate surface area is 95.4 Å². The van der Waals surface area contributed by atoms with E-state index in [-0.39, 0.29) is 0 Å². The van der Waals surface area contributed by atoms with Gasteiger partial charge < -0.3 is 10.2 Å². The van der Waals surface area contributed by atoms with Crippen molar-refractivity contribution >= 4 is 0 Å². The van der Waals surface area contributed by atoms with Gasteiger partial charge in [-0.1, -0.05) is 26.7 Å². The Morgan fingerprint density at radius 2 is 2.13 bits per heavy atom. The molecule has 0 saturated carbocycles. The number of nitrogens with one attached hydrogen (secondary N) is 1. The quantitative estimate of drug-likeness (QED) is 0.652. The van der Waals surface area contributed by atoms with Crippen molar-refractivity contribution in [2.24, 2.45) is 11.8 Å². The lowest BCUT2D eigenvalue weighted by Crippen LogP contribution is -2.25. The number of hydrogen-bond acceptors (Lipinski definition) is 2. The summed E-state index contributed by atoms with van der Waals surface area (Å²) in [6.07, 6.45) is 5.59. The van der Waals surface area contributed by atoms with Gasteiger partial charge in [-0.3, -0.25) is 0 Å². The number of rotatable bonds is 7. The molecule has 2 nitrogen and oxygen atoms in total. The molecule has 0 radical (unpaired) electrons. The molecule has 0 amide bonds. The number of unbranched alkanes of at least 4 members (excludes halogenated alkanes) is 1. The smallest absolute Gasteiger partial charge is 0.00223 e. The van der Waals surface area contributed by atoms with Crippen LogP contribution < -0.4 is 5.32 Å². The van der Waals surface area contributed by atoms with E-state index in [1.165, 1.54) is 51.9 Å². The van der Waals surface area contributed by atoms with E-state index >= 15 is 0 Å². The van der Waals surface area contributed by atoms with Crippen LogP contribution in [0, 0.1) is 11.8 Å². The van der Waals surface area contributed by atoms with E-state index in [2.05, 4.69) is 31.1 Å².